The van der Waals surface area contributed by atoms with Crippen LogP contribution in [-0.2, 0) is 25.6 Å². The molecule has 1 aromatic carbocycles. The van der Waals surface area contributed by atoms with Crippen molar-refractivity contribution >= 4 is 32.7 Å². The SMILES string of the molecule is Cc1ccc(S(=O)(=O)OCc2nnc(NC(=O)OC(C)(C)C)s2)cc1. The van der Waals surface area contributed by atoms with Crippen LogP contribution in [0.1, 0.15) is 31.3 Å². The molecule has 1 N–H and O–H groups in total. The molecule has 1 aromatic heterocycles. The van der Waals surface area contributed by atoms with E-state index in [-0.39, 0.29) is 16.6 Å². The number of amides is 1. The minimum Gasteiger partial charge on any atom is -0.444 e. The fourth-order valence-electron chi connectivity index (χ4n) is 1.65. The Kier molecular flexibility index (Phi) is 5.76. The van der Waals surface area contributed by atoms with Gasteiger partial charge in [0.25, 0.3) is 10.1 Å². The Morgan fingerprint density at radius 1 is 1.20 bits per heavy atom. The van der Waals surface area contributed by atoms with Crippen molar-refractivity contribution in [2.75, 3.05) is 5.32 Å². The number of hydrogen-bond donors (Lipinski definition) is 1. The number of benzene rings is 1. The van der Waals surface area contributed by atoms with Crippen molar-refractivity contribution in [3.05, 3.63) is 34.8 Å². The van der Waals surface area contributed by atoms with E-state index in [2.05, 4.69) is 15.5 Å². The first kappa shape index (κ1) is 19.3. The largest absolute Gasteiger partial charge is 0.444 e. The summed E-state index contributed by atoms with van der Waals surface area (Å²) in [5.41, 5.74) is 0.309. The van der Waals surface area contributed by atoms with Gasteiger partial charge in [-0.3, -0.25) is 9.50 Å². The number of ether oxygens (including phenoxy) is 1. The molecule has 8 nitrogen and oxygen atoms in total. The summed E-state index contributed by atoms with van der Waals surface area (Å²) in [4.78, 5) is 11.7. The zero-order valence-corrected chi connectivity index (χ0v) is 15.9. The van der Waals surface area contributed by atoms with Crippen LogP contribution < -0.4 is 5.32 Å². The Morgan fingerprint density at radius 3 is 2.44 bits per heavy atom. The number of carbonyl (C=O) groups is 1. The normalized spacial score (nSPS) is 12.0. The number of carbonyl (C=O) groups excluding carboxylic acids is 1. The highest BCUT2D eigenvalue weighted by Gasteiger charge is 2.19. The monoisotopic (exact) mass is 385 g/mol. The van der Waals surface area contributed by atoms with Crippen LogP contribution >= 0.6 is 11.3 Å². The molecule has 2 aromatic rings. The summed E-state index contributed by atoms with van der Waals surface area (Å²) in [6, 6.07) is 6.31. The summed E-state index contributed by atoms with van der Waals surface area (Å²) in [6.07, 6.45) is -0.664. The Balaban J connectivity index is 1.95. The second-order valence-corrected chi connectivity index (χ2v) is 8.83. The zero-order chi connectivity index (χ0) is 18.7. The minimum atomic E-state index is -3.89. The summed E-state index contributed by atoms with van der Waals surface area (Å²) >= 11 is 1.00. The number of hydrogen-bond acceptors (Lipinski definition) is 8. The van der Waals surface area contributed by atoms with Gasteiger partial charge < -0.3 is 4.74 Å². The first-order valence-electron chi connectivity index (χ1n) is 7.34. The number of aryl methyl sites for hydroxylation is 1. The van der Waals surface area contributed by atoms with Crippen LogP contribution in [0.15, 0.2) is 29.2 Å². The smallest absolute Gasteiger partial charge is 0.414 e. The lowest BCUT2D eigenvalue weighted by molar-refractivity contribution is 0.0636. The second-order valence-electron chi connectivity index (χ2n) is 6.16. The standard InChI is InChI=1S/C15H19N3O5S2/c1-10-5-7-11(8-6-10)25(20,21)22-9-12-17-18-13(24-12)16-14(19)23-15(2,3)4/h5-8H,9H2,1-4H3,(H,16,18,19). The lowest BCUT2D eigenvalue weighted by atomic mass is 10.2. The number of nitrogens with one attached hydrogen (secondary N) is 1. The van der Waals surface area contributed by atoms with E-state index < -0.39 is 21.8 Å². The molecule has 136 valence electrons. The first-order chi connectivity index (χ1) is 11.5. The molecule has 0 radical (unpaired) electrons. The third-order valence-corrected chi connectivity index (χ3v) is 4.81. The molecule has 10 heteroatoms. The van der Waals surface area contributed by atoms with Gasteiger partial charge in [0.2, 0.25) is 5.13 Å². The summed E-state index contributed by atoms with van der Waals surface area (Å²) in [5, 5.41) is 10.5. The van der Waals surface area contributed by atoms with Gasteiger partial charge in [-0.05, 0) is 39.8 Å². The van der Waals surface area contributed by atoms with E-state index in [0.29, 0.717) is 5.01 Å². The lowest BCUT2D eigenvalue weighted by Gasteiger charge is -2.18. The summed E-state index contributed by atoms with van der Waals surface area (Å²) in [7, 11) is -3.89. The summed E-state index contributed by atoms with van der Waals surface area (Å²) in [5.74, 6) is 0. The highest BCUT2D eigenvalue weighted by atomic mass is 32.2. The summed E-state index contributed by atoms with van der Waals surface area (Å²) in [6.45, 7) is 6.80. The molecule has 25 heavy (non-hydrogen) atoms. The van der Waals surface area contributed by atoms with Crippen LogP contribution in [0.4, 0.5) is 9.93 Å². The maximum absolute atomic E-state index is 12.1. The second kappa shape index (κ2) is 7.46. The molecule has 2 rings (SSSR count). The van der Waals surface area contributed by atoms with E-state index >= 15 is 0 Å². The molecule has 1 heterocycles. The van der Waals surface area contributed by atoms with Crippen LogP contribution in [-0.4, -0.2) is 30.3 Å². The Hall–Kier alpha value is -2.04. The first-order valence-corrected chi connectivity index (χ1v) is 9.56. The predicted molar refractivity (Wildman–Crippen MR) is 92.9 cm³/mol. The third-order valence-electron chi connectivity index (χ3n) is 2.72. The number of rotatable bonds is 5. The van der Waals surface area contributed by atoms with Gasteiger partial charge >= 0.3 is 6.09 Å². The molecule has 0 saturated carbocycles. The Labute approximate surface area is 150 Å². The van der Waals surface area contributed by atoms with Gasteiger partial charge in [-0.1, -0.05) is 29.0 Å². The van der Waals surface area contributed by atoms with Crippen LogP contribution in [0.25, 0.3) is 0 Å². The highest BCUT2D eigenvalue weighted by molar-refractivity contribution is 7.86. The lowest BCUT2D eigenvalue weighted by Crippen LogP contribution is -2.27. The van der Waals surface area contributed by atoms with E-state index in [0.717, 1.165) is 16.9 Å². The highest BCUT2D eigenvalue weighted by Crippen LogP contribution is 2.20. The van der Waals surface area contributed by atoms with E-state index in [4.69, 9.17) is 8.92 Å². The van der Waals surface area contributed by atoms with Crippen molar-refractivity contribution in [1.82, 2.24) is 10.2 Å². The van der Waals surface area contributed by atoms with Crippen LogP contribution in [0, 0.1) is 6.92 Å². The van der Waals surface area contributed by atoms with Gasteiger partial charge in [0, 0.05) is 0 Å². The molecule has 0 saturated heterocycles. The summed E-state index contributed by atoms with van der Waals surface area (Å²) < 4.78 is 34.3. The van der Waals surface area contributed by atoms with Gasteiger partial charge in [-0.25, -0.2) is 4.79 Å². The quantitative estimate of drug-likeness (QED) is 0.788. The van der Waals surface area contributed by atoms with E-state index in [1.807, 2.05) is 6.92 Å². The van der Waals surface area contributed by atoms with E-state index in [1.165, 1.54) is 12.1 Å². The number of aromatic nitrogens is 2. The maximum Gasteiger partial charge on any atom is 0.414 e. The molecule has 0 aliphatic heterocycles. The van der Waals surface area contributed by atoms with Crippen LogP contribution in [0.3, 0.4) is 0 Å². The fourth-order valence-corrected chi connectivity index (χ4v) is 3.24. The van der Waals surface area contributed by atoms with Crippen molar-refractivity contribution in [2.45, 2.75) is 44.8 Å². The predicted octanol–water partition coefficient (Wildman–Crippen LogP) is 3.10. The van der Waals surface area contributed by atoms with Crippen molar-refractivity contribution < 1.29 is 22.1 Å². The Morgan fingerprint density at radius 2 is 1.84 bits per heavy atom. The van der Waals surface area contributed by atoms with Gasteiger partial charge in [-0.2, -0.15) is 8.42 Å². The molecule has 0 atom stereocenters. The minimum absolute atomic E-state index is 0.0646. The van der Waals surface area contributed by atoms with Crippen LogP contribution in [0.5, 0.6) is 0 Å². The van der Waals surface area contributed by atoms with Crippen molar-refractivity contribution in [1.29, 1.82) is 0 Å². The van der Waals surface area contributed by atoms with Gasteiger partial charge in [-0.15, -0.1) is 10.2 Å². The van der Waals surface area contributed by atoms with Crippen molar-refractivity contribution in [2.24, 2.45) is 0 Å². The van der Waals surface area contributed by atoms with Crippen molar-refractivity contribution in [3.63, 3.8) is 0 Å². The molecule has 1 amide bonds. The fraction of sp³-hybridized carbons (Fsp3) is 0.400. The van der Waals surface area contributed by atoms with E-state index in [1.54, 1.807) is 32.9 Å². The topological polar surface area (TPSA) is 107 Å². The third kappa shape index (κ3) is 6.07. The van der Waals surface area contributed by atoms with Crippen molar-refractivity contribution in [3.8, 4) is 0 Å². The number of anilines is 1. The maximum atomic E-state index is 12.1. The van der Waals surface area contributed by atoms with Crippen LogP contribution in [0.2, 0.25) is 0 Å². The Bertz CT molecular complexity index is 839. The molecule has 0 aliphatic rings. The average Bonchev–Trinajstić information content (AvgIpc) is 2.91. The molecule has 0 aliphatic carbocycles. The molecular weight excluding hydrogens is 366 g/mol. The molecule has 0 unspecified atom stereocenters. The average molecular weight is 385 g/mol. The molecule has 0 bridgehead atoms. The van der Waals surface area contributed by atoms with Gasteiger partial charge in [0.15, 0.2) is 0 Å². The zero-order valence-electron chi connectivity index (χ0n) is 14.3. The molecule has 0 fully saturated rings. The van der Waals surface area contributed by atoms with Gasteiger partial charge in [0.1, 0.15) is 17.2 Å². The van der Waals surface area contributed by atoms with Gasteiger partial charge in [0.05, 0.1) is 4.90 Å². The molecule has 0 spiro atoms. The van der Waals surface area contributed by atoms with E-state index in [9.17, 15) is 13.2 Å². The molecular formula is C15H19N3O5S2. The number of nitrogens with zero attached hydrogens (tertiary/aromatic N) is 2.